The number of carbonyl (C=O) groups is 1. The number of aromatic nitrogens is 3. The molecule has 1 N–H and O–H groups in total. The average molecular weight is 217 g/mol. The Hall–Kier alpha value is -1.91. The van der Waals surface area contributed by atoms with Crippen LogP contribution < -0.4 is 0 Å². The van der Waals surface area contributed by atoms with Gasteiger partial charge >= 0.3 is 5.97 Å². The van der Waals surface area contributed by atoms with Crippen LogP contribution in [0.3, 0.4) is 0 Å². The van der Waals surface area contributed by atoms with Crippen molar-refractivity contribution in [2.45, 2.75) is 18.8 Å². The third kappa shape index (κ3) is 1.21. The number of nitrogens with zero attached hydrogens (tertiary/aromatic N) is 3. The van der Waals surface area contributed by atoms with Crippen LogP contribution in [-0.4, -0.2) is 25.6 Å². The molecule has 0 amide bonds. The van der Waals surface area contributed by atoms with E-state index in [9.17, 15) is 4.79 Å². The highest BCUT2D eigenvalue weighted by atomic mass is 16.4. The fraction of sp³-hybridized carbons (Fsp3) is 0.364. The molecule has 1 saturated carbocycles. The number of aromatic carboxylic acids is 1. The second-order valence-corrected chi connectivity index (χ2v) is 4.19. The smallest absolute Gasteiger partial charge is 0.338 e. The van der Waals surface area contributed by atoms with Crippen molar-refractivity contribution < 1.29 is 9.90 Å². The number of fused-ring (bicyclic) bond motifs is 1. The molecule has 1 fully saturated rings. The molecule has 0 bridgehead atoms. The molecule has 5 heteroatoms. The molecule has 2 aromatic rings. The fourth-order valence-electron chi connectivity index (χ4n) is 2.06. The van der Waals surface area contributed by atoms with E-state index < -0.39 is 5.97 Å². The molecule has 1 aliphatic rings. The lowest BCUT2D eigenvalue weighted by Gasteiger charge is -2.00. The molecule has 0 unspecified atom stereocenters. The van der Waals surface area contributed by atoms with E-state index in [0.717, 1.165) is 18.5 Å². The zero-order valence-corrected chi connectivity index (χ0v) is 8.84. The summed E-state index contributed by atoms with van der Waals surface area (Å²) in [7, 11) is 1.80. The van der Waals surface area contributed by atoms with E-state index in [2.05, 4.69) is 9.97 Å². The first kappa shape index (κ1) is 9.33. The first-order chi connectivity index (χ1) is 7.68. The van der Waals surface area contributed by atoms with Crippen molar-refractivity contribution in [2.24, 2.45) is 7.05 Å². The highest BCUT2D eigenvalue weighted by molar-refractivity contribution is 6.03. The maximum absolute atomic E-state index is 11.2. The molecule has 2 heterocycles. The maximum Gasteiger partial charge on any atom is 0.338 e. The van der Waals surface area contributed by atoms with Gasteiger partial charge in [0.25, 0.3) is 0 Å². The Morgan fingerprint density at radius 3 is 2.88 bits per heavy atom. The van der Waals surface area contributed by atoms with E-state index in [1.165, 1.54) is 6.33 Å². The SMILES string of the molecule is Cn1cc(C(=O)O)c2c(C3CC3)ncnc21. The predicted molar refractivity (Wildman–Crippen MR) is 57.4 cm³/mol. The molecule has 0 atom stereocenters. The number of carboxylic acid groups (broad SMARTS) is 1. The summed E-state index contributed by atoms with van der Waals surface area (Å²) in [6.07, 6.45) is 5.31. The molecule has 2 aromatic heterocycles. The molecule has 0 aliphatic heterocycles. The van der Waals surface area contributed by atoms with Crippen LogP contribution >= 0.6 is 0 Å². The summed E-state index contributed by atoms with van der Waals surface area (Å²) >= 11 is 0. The second kappa shape index (κ2) is 3.04. The van der Waals surface area contributed by atoms with Gasteiger partial charge in [-0.3, -0.25) is 0 Å². The van der Waals surface area contributed by atoms with Gasteiger partial charge in [-0.1, -0.05) is 0 Å². The van der Waals surface area contributed by atoms with Crippen molar-refractivity contribution in [3.8, 4) is 0 Å². The summed E-state index contributed by atoms with van der Waals surface area (Å²) < 4.78 is 1.74. The van der Waals surface area contributed by atoms with E-state index in [-0.39, 0.29) is 0 Å². The molecule has 0 saturated heterocycles. The van der Waals surface area contributed by atoms with Gasteiger partial charge in [0.1, 0.15) is 12.0 Å². The molecule has 3 rings (SSSR count). The van der Waals surface area contributed by atoms with Gasteiger partial charge in [-0.15, -0.1) is 0 Å². The van der Waals surface area contributed by atoms with E-state index >= 15 is 0 Å². The van der Waals surface area contributed by atoms with Gasteiger partial charge in [-0.25, -0.2) is 14.8 Å². The van der Waals surface area contributed by atoms with E-state index in [0.29, 0.717) is 22.5 Å². The minimum Gasteiger partial charge on any atom is -0.478 e. The van der Waals surface area contributed by atoms with Gasteiger partial charge in [-0.05, 0) is 12.8 Å². The predicted octanol–water partition coefficient (Wildman–Crippen LogP) is 1.54. The van der Waals surface area contributed by atoms with Gasteiger partial charge in [0.15, 0.2) is 0 Å². The maximum atomic E-state index is 11.2. The second-order valence-electron chi connectivity index (χ2n) is 4.19. The van der Waals surface area contributed by atoms with Crippen LogP contribution in [0.25, 0.3) is 11.0 Å². The average Bonchev–Trinajstić information content (AvgIpc) is 3.03. The minimum absolute atomic E-state index is 0.306. The molecule has 5 nitrogen and oxygen atoms in total. The van der Waals surface area contributed by atoms with E-state index in [1.807, 2.05) is 0 Å². The highest BCUT2D eigenvalue weighted by Gasteiger charge is 2.30. The lowest BCUT2D eigenvalue weighted by molar-refractivity contribution is 0.0698. The molecular formula is C11H11N3O2. The summed E-state index contributed by atoms with van der Waals surface area (Å²) in [5.41, 5.74) is 1.90. The Bertz CT molecular complexity index is 584. The first-order valence-corrected chi connectivity index (χ1v) is 5.21. The normalized spacial score (nSPS) is 15.6. The van der Waals surface area contributed by atoms with Crippen LogP contribution in [-0.2, 0) is 7.05 Å². The Kier molecular flexibility index (Phi) is 1.77. The van der Waals surface area contributed by atoms with Crippen molar-refractivity contribution in [2.75, 3.05) is 0 Å². The summed E-state index contributed by atoms with van der Waals surface area (Å²) in [6.45, 7) is 0. The molecule has 16 heavy (non-hydrogen) atoms. The van der Waals surface area contributed by atoms with E-state index in [1.54, 1.807) is 17.8 Å². The number of aryl methyl sites for hydroxylation is 1. The van der Waals surface area contributed by atoms with Crippen LogP contribution in [0.15, 0.2) is 12.5 Å². The molecule has 0 aromatic carbocycles. The van der Waals surface area contributed by atoms with Crippen molar-refractivity contribution in [3.63, 3.8) is 0 Å². The number of hydrogen-bond acceptors (Lipinski definition) is 3. The Morgan fingerprint density at radius 2 is 2.25 bits per heavy atom. The summed E-state index contributed by atoms with van der Waals surface area (Å²) in [5, 5.41) is 9.86. The topological polar surface area (TPSA) is 68.0 Å². The summed E-state index contributed by atoms with van der Waals surface area (Å²) in [5.74, 6) is -0.492. The third-order valence-electron chi connectivity index (χ3n) is 2.98. The molecule has 0 radical (unpaired) electrons. The number of carboxylic acids is 1. The Balaban J connectivity index is 2.38. The number of rotatable bonds is 2. The van der Waals surface area contributed by atoms with Crippen LogP contribution in [0.1, 0.15) is 34.8 Å². The lowest BCUT2D eigenvalue weighted by atomic mass is 10.1. The monoisotopic (exact) mass is 217 g/mol. The van der Waals surface area contributed by atoms with Gasteiger partial charge in [0.2, 0.25) is 0 Å². The van der Waals surface area contributed by atoms with Crippen molar-refractivity contribution in [3.05, 3.63) is 23.8 Å². The van der Waals surface area contributed by atoms with Gasteiger partial charge < -0.3 is 9.67 Å². The van der Waals surface area contributed by atoms with Gasteiger partial charge in [0.05, 0.1) is 16.6 Å². The molecule has 0 spiro atoms. The van der Waals surface area contributed by atoms with Gasteiger partial charge in [-0.2, -0.15) is 0 Å². The summed E-state index contributed by atoms with van der Waals surface area (Å²) in [6, 6.07) is 0. The first-order valence-electron chi connectivity index (χ1n) is 5.21. The summed E-state index contributed by atoms with van der Waals surface area (Å²) in [4.78, 5) is 19.5. The Labute approximate surface area is 91.7 Å². The molecule has 82 valence electrons. The van der Waals surface area contributed by atoms with Crippen molar-refractivity contribution in [1.29, 1.82) is 0 Å². The zero-order valence-electron chi connectivity index (χ0n) is 8.84. The van der Waals surface area contributed by atoms with Crippen LogP contribution in [0.2, 0.25) is 0 Å². The highest BCUT2D eigenvalue weighted by Crippen LogP contribution is 2.42. The largest absolute Gasteiger partial charge is 0.478 e. The van der Waals surface area contributed by atoms with Crippen molar-refractivity contribution in [1.82, 2.24) is 14.5 Å². The minimum atomic E-state index is -0.915. The fourth-order valence-corrected chi connectivity index (χ4v) is 2.06. The van der Waals surface area contributed by atoms with Crippen LogP contribution in [0.4, 0.5) is 0 Å². The van der Waals surface area contributed by atoms with E-state index in [4.69, 9.17) is 5.11 Å². The van der Waals surface area contributed by atoms with Gasteiger partial charge in [0, 0.05) is 19.2 Å². The Morgan fingerprint density at radius 1 is 1.50 bits per heavy atom. The molecule has 1 aliphatic carbocycles. The standard InChI is InChI=1S/C11H11N3O2/c1-14-4-7(11(15)16)8-9(6-2-3-6)12-5-13-10(8)14/h4-6H,2-3H2,1H3,(H,15,16). The quantitative estimate of drug-likeness (QED) is 0.828. The van der Waals surface area contributed by atoms with Crippen molar-refractivity contribution >= 4 is 17.0 Å². The lowest BCUT2D eigenvalue weighted by Crippen LogP contribution is -1.98. The zero-order chi connectivity index (χ0) is 11.3. The number of hydrogen-bond donors (Lipinski definition) is 1. The molecular weight excluding hydrogens is 206 g/mol. The van der Waals surface area contributed by atoms with Crippen LogP contribution in [0.5, 0.6) is 0 Å². The third-order valence-corrected chi connectivity index (χ3v) is 2.98. The van der Waals surface area contributed by atoms with Crippen LogP contribution in [0, 0.1) is 0 Å².